The number of carbonyl (C=O) groups excluding carboxylic acids is 1. The van der Waals surface area contributed by atoms with Crippen molar-refractivity contribution in [3.8, 4) is 0 Å². The van der Waals surface area contributed by atoms with Gasteiger partial charge in [-0.3, -0.25) is 4.79 Å². The maximum Gasteiger partial charge on any atom is 0.225 e. The highest BCUT2D eigenvalue weighted by Gasteiger charge is 2.34. The number of piperidine rings is 1. The molecule has 156 valence electrons. The third-order valence-electron chi connectivity index (χ3n) is 7.40. The van der Waals surface area contributed by atoms with Crippen LogP contribution in [0.5, 0.6) is 0 Å². The molecule has 1 aromatic rings. The second-order valence-corrected chi connectivity index (χ2v) is 9.42. The van der Waals surface area contributed by atoms with Gasteiger partial charge in [-0.25, -0.2) is 0 Å². The van der Waals surface area contributed by atoms with Gasteiger partial charge in [0.1, 0.15) is 11.6 Å². The summed E-state index contributed by atoms with van der Waals surface area (Å²) in [5.74, 6) is 4.25. The van der Waals surface area contributed by atoms with E-state index in [9.17, 15) is 4.79 Å². The maximum atomic E-state index is 13.2. The third kappa shape index (κ3) is 4.44. The van der Waals surface area contributed by atoms with E-state index in [0.717, 1.165) is 63.5 Å². The molecule has 0 spiro atoms. The Hall–Kier alpha value is -1.39. The van der Waals surface area contributed by atoms with E-state index in [1.807, 2.05) is 0 Å². The van der Waals surface area contributed by atoms with Crippen molar-refractivity contribution in [1.82, 2.24) is 19.7 Å². The Labute approximate surface area is 170 Å². The maximum absolute atomic E-state index is 13.2. The van der Waals surface area contributed by atoms with Crippen LogP contribution < -0.4 is 0 Å². The summed E-state index contributed by atoms with van der Waals surface area (Å²) in [7, 11) is 0. The largest absolute Gasteiger partial charge is 0.342 e. The predicted molar refractivity (Wildman–Crippen MR) is 111 cm³/mol. The van der Waals surface area contributed by atoms with E-state index < -0.39 is 0 Å². The van der Waals surface area contributed by atoms with E-state index in [0.29, 0.717) is 11.8 Å². The molecule has 4 rings (SSSR count). The zero-order valence-electron chi connectivity index (χ0n) is 17.7. The van der Waals surface area contributed by atoms with Crippen molar-refractivity contribution in [3.63, 3.8) is 0 Å². The summed E-state index contributed by atoms with van der Waals surface area (Å²) in [5.41, 5.74) is 0. The van der Waals surface area contributed by atoms with Crippen molar-refractivity contribution in [2.24, 2.45) is 11.8 Å². The molecule has 3 heterocycles. The van der Waals surface area contributed by atoms with Gasteiger partial charge in [-0.05, 0) is 57.3 Å². The number of amides is 1. The molecule has 1 saturated heterocycles. The highest BCUT2D eigenvalue weighted by molar-refractivity contribution is 5.79. The van der Waals surface area contributed by atoms with E-state index in [1.165, 1.54) is 57.2 Å². The molecule has 0 bridgehead atoms. The molecule has 3 aliphatic rings. The Bertz CT molecular complexity index is 647. The standard InChI is InChI=1S/C23H38N4O/c1-2-3-8-18-11-13-19(14-12-18)23(28)26-15-7-9-20(17-26)22-25-24-21-10-5-4-6-16-27(21)22/h18-20H,2-17H2,1H3. The molecule has 1 amide bonds. The van der Waals surface area contributed by atoms with E-state index in [2.05, 4.69) is 26.6 Å². The minimum absolute atomic E-state index is 0.271. The van der Waals surface area contributed by atoms with Crippen molar-refractivity contribution >= 4 is 5.91 Å². The number of carbonyl (C=O) groups is 1. The Morgan fingerprint density at radius 3 is 2.68 bits per heavy atom. The Morgan fingerprint density at radius 2 is 1.86 bits per heavy atom. The molecule has 0 aromatic carbocycles. The van der Waals surface area contributed by atoms with Crippen molar-refractivity contribution in [3.05, 3.63) is 11.6 Å². The Balaban J connectivity index is 1.35. The summed E-state index contributed by atoms with van der Waals surface area (Å²) in [5, 5.41) is 9.08. The van der Waals surface area contributed by atoms with Gasteiger partial charge >= 0.3 is 0 Å². The average Bonchev–Trinajstić information content (AvgIpc) is 3.00. The monoisotopic (exact) mass is 386 g/mol. The lowest BCUT2D eigenvalue weighted by atomic mass is 9.79. The van der Waals surface area contributed by atoms with Crippen LogP contribution in [0, 0.1) is 11.8 Å². The fourth-order valence-corrected chi connectivity index (χ4v) is 5.65. The highest BCUT2D eigenvalue weighted by Crippen LogP contribution is 2.35. The third-order valence-corrected chi connectivity index (χ3v) is 7.40. The first-order valence-electron chi connectivity index (χ1n) is 12.0. The summed E-state index contributed by atoms with van der Waals surface area (Å²) < 4.78 is 2.38. The van der Waals surface area contributed by atoms with Crippen molar-refractivity contribution in [2.75, 3.05) is 13.1 Å². The second kappa shape index (κ2) is 9.41. The first kappa shape index (κ1) is 19.9. The predicted octanol–water partition coefficient (Wildman–Crippen LogP) is 4.71. The van der Waals surface area contributed by atoms with Gasteiger partial charge in [-0.1, -0.05) is 32.6 Å². The zero-order chi connectivity index (χ0) is 19.3. The van der Waals surface area contributed by atoms with Crippen LogP contribution >= 0.6 is 0 Å². The van der Waals surface area contributed by atoms with E-state index in [-0.39, 0.29) is 5.92 Å². The van der Waals surface area contributed by atoms with Gasteiger partial charge in [0.2, 0.25) is 5.91 Å². The molecule has 2 aliphatic heterocycles. The molecular weight excluding hydrogens is 348 g/mol. The lowest BCUT2D eigenvalue weighted by Crippen LogP contribution is -2.43. The first-order chi connectivity index (χ1) is 13.8. The number of hydrogen-bond donors (Lipinski definition) is 0. The fraction of sp³-hybridized carbons (Fsp3) is 0.870. The fourth-order valence-electron chi connectivity index (χ4n) is 5.65. The summed E-state index contributed by atoms with van der Waals surface area (Å²) in [4.78, 5) is 15.4. The molecule has 1 aromatic heterocycles. The molecule has 0 radical (unpaired) electrons. The van der Waals surface area contributed by atoms with Gasteiger partial charge in [0.15, 0.2) is 0 Å². The van der Waals surface area contributed by atoms with Crippen LogP contribution in [0.3, 0.4) is 0 Å². The number of aromatic nitrogens is 3. The van der Waals surface area contributed by atoms with Gasteiger partial charge in [0, 0.05) is 37.9 Å². The van der Waals surface area contributed by atoms with Crippen LogP contribution in [-0.2, 0) is 17.8 Å². The van der Waals surface area contributed by atoms with Gasteiger partial charge in [0.25, 0.3) is 0 Å². The minimum Gasteiger partial charge on any atom is -0.342 e. The van der Waals surface area contributed by atoms with Crippen molar-refractivity contribution in [2.45, 2.75) is 103 Å². The summed E-state index contributed by atoms with van der Waals surface area (Å²) in [6, 6.07) is 0. The highest BCUT2D eigenvalue weighted by atomic mass is 16.2. The molecule has 28 heavy (non-hydrogen) atoms. The molecule has 1 atom stereocenters. The molecule has 1 saturated carbocycles. The topological polar surface area (TPSA) is 51.0 Å². The number of aryl methyl sites for hydroxylation is 1. The smallest absolute Gasteiger partial charge is 0.225 e. The minimum atomic E-state index is 0.271. The van der Waals surface area contributed by atoms with Gasteiger partial charge < -0.3 is 9.47 Å². The molecule has 1 aliphatic carbocycles. The second-order valence-electron chi connectivity index (χ2n) is 9.42. The number of fused-ring (bicyclic) bond motifs is 1. The molecule has 5 heteroatoms. The number of likely N-dealkylation sites (tertiary alicyclic amines) is 1. The zero-order valence-corrected chi connectivity index (χ0v) is 17.7. The van der Waals surface area contributed by atoms with Crippen LogP contribution in [0.2, 0.25) is 0 Å². The number of rotatable bonds is 5. The summed E-state index contributed by atoms with van der Waals surface area (Å²) >= 11 is 0. The first-order valence-corrected chi connectivity index (χ1v) is 12.0. The number of unbranched alkanes of at least 4 members (excludes halogenated alkanes) is 1. The van der Waals surface area contributed by atoms with Crippen LogP contribution in [0.15, 0.2) is 0 Å². The quantitative estimate of drug-likeness (QED) is 0.736. The number of nitrogens with zero attached hydrogens (tertiary/aromatic N) is 4. The van der Waals surface area contributed by atoms with Crippen LogP contribution in [0.1, 0.15) is 102 Å². The molecule has 0 N–H and O–H groups in total. The van der Waals surface area contributed by atoms with Crippen LogP contribution in [0.25, 0.3) is 0 Å². The van der Waals surface area contributed by atoms with E-state index in [4.69, 9.17) is 0 Å². The molecule has 5 nitrogen and oxygen atoms in total. The van der Waals surface area contributed by atoms with E-state index in [1.54, 1.807) is 0 Å². The lowest BCUT2D eigenvalue weighted by Gasteiger charge is -2.36. The van der Waals surface area contributed by atoms with Crippen molar-refractivity contribution in [1.29, 1.82) is 0 Å². The van der Waals surface area contributed by atoms with E-state index >= 15 is 0 Å². The summed E-state index contributed by atoms with van der Waals surface area (Å²) in [6.45, 7) is 5.12. The molecular formula is C23H38N4O. The van der Waals surface area contributed by atoms with Gasteiger partial charge in [0.05, 0.1) is 0 Å². The lowest BCUT2D eigenvalue weighted by molar-refractivity contribution is -0.138. The average molecular weight is 387 g/mol. The van der Waals surface area contributed by atoms with Gasteiger partial charge in [-0.15, -0.1) is 10.2 Å². The Morgan fingerprint density at radius 1 is 1.00 bits per heavy atom. The van der Waals surface area contributed by atoms with Gasteiger partial charge in [-0.2, -0.15) is 0 Å². The van der Waals surface area contributed by atoms with Crippen LogP contribution in [-0.4, -0.2) is 38.7 Å². The SMILES string of the molecule is CCCCC1CCC(C(=O)N2CCCC(c3nnc4n3CCCCC4)C2)CC1. The molecule has 2 fully saturated rings. The molecule has 1 unspecified atom stereocenters. The van der Waals surface area contributed by atoms with Crippen LogP contribution in [0.4, 0.5) is 0 Å². The van der Waals surface area contributed by atoms with Crippen molar-refractivity contribution < 1.29 is 4.79 Å². The number of hydrogen-bond acceptors (Lipinski definition) is 3. The normalized spacial score (nSPS) is 28.6. The Kier molecular flexibility index (Phi) is 6.69. The summed E-state index contributed by atoms with van der Waals surface area (Å²) in [6.07, 6.45) is 15.8.